The zero-order valence-electron chi connectivity index (χ0n) is 21.7. The largest absolute Gasteiger partial charge is 0.508 e. The van der Waals surface area contributed by atoms with Crippen molar-refractivity contribution >= 4 is 28.7 Å². The molecule has 1 fully saturated rings. The minimum absolute atomic E-state index is 0.109. The number of hydrogen-bond acceptors (Lipinski definition) is 4. The van der Waals surface area contributed by atoms with Crippen molar-refractivity contribution in [1.82, 2.24) is 14.9 Å². The third-order valence-electron chi connectivity index (χ3n) is 7.25. The van der Waals surface area contributed by atoms with Gasteiger partial charge in [-0.1, -0.05) is 6.07 Å². The molecule has 190 valence electrons. The summed E-state index contributed by atoms with van der Waals surface area (Å²) < 4.78 is 2.31. The van der Waals surface area contributed by atoms with Crippen LogP contribution in [0.4, 0.5) is 11.4 Å². The smallest absolute Gasteiger partial charge is 0.174 e. The van der Waals surface area contributed by atoms with Crippen LogP contribution in [-0.4, -0.2) is 32.9 Å². The lowest BCUT2D eigenvalue weighted by Crippen LogP contribution is -2.29. The number of rotatable bonds is 7. The van der Waals surface area contributed by atoms with Crippen LogP contribution in [0.1, 0.15) is 48.6 Å². The SMILES string of the molecule is CCN(CC)c1ccc(-n2c(C)cc([C@@H]3[C@@H](c4ccccn4)NC(=S)N3c3ccc(O)cc3)c2C)cc1. The third-order valence-corrected chi connectivity index (χ3v) is 7.57. The summed E-state index contributed by atoms with van der Waals surface area (Å²) in [7, 11) is 0. The molecule has 1 saturated heterocycles. The van der Waals surface area contributed by atoms with E-state index in [1.54, 1.807) is 12.1 Å². The molecule has 0 unspecified atom stereocenters. The molecule has 2 aromatic carbocycles. The van der Waals surface area contributed by atoms with E-state index in [-0.39, 0.29) is 17.8 Å². The van der Waals surface area contributed by atoms with Crippen molar-refractivity contribution in [2.45, 2.75) is 39.8 Å². The highest BCUT2D eigenvalue weighted by Crippen LogP contribution is 2.44. The van der Waals surface area contributed by atoms with Crippen LogP contribution >= 0.6 is 12.2 Å². The summed E-state index contributed by atoms with van der Waals surface area (Å²) in [6.07, 6.45) is 1.82. The van der Waals surface area contributed by atoms with Gasteiger partial charge in [0.1, 0.15) is 5.75 Å². The van der Waals surface area contributed by atoms with Gasteiger partial charge in [0.2, 0.25) is 0 Å². The summed E-state index contributed by atoms with van der Waals surface area (Å²) >= 11 is 5.86. The fraction of sp³-hybridized carbons (Fsp3) is 0.267. The molecule has 3 heterocycles. The summed E-state index contributed by atoms with van der Waals surface area (Å²) in [5.74, 6) is 0.228. The molecule has 4 aromatic rings. The Kier molecular flexibility index (Phi) is 6.89. The summed E-state index contributed by atoms with van der Waals surface area (Å²) in [6.45, 7) is 10.7. The predicted octanol–water partition coefficient (Wildman–Crippen LogP) is 6.22. The van der Waals surface area contributed by atoms with Gasteiger partial charge in [-0.2, -0.15) is 0 Å². The zero-order chi connectivity index (χ0) is 26.1. The van der Waals surface area contributed by atoms with Crippen molar-refractivity contribution in [2.24, 2.45) is 0 Å². The standard InChI is InChI=1S/C30H33N5OS/c1-5-33(6-2)22-10-12-23(13-11-22)34-20(3)19-26(21(34)4)29-28(27-9-7-8-18-31-27)32-30(37)35(29)24-14-16-25(36)17-15-24/h7-19,28-29,36H,5-6H2,1-4H3,(H,32,37)/t28-,29-/m1/s1. The van der Waals surface area contributed by atoms with Crippen LogP contribution < -0.4 is 15.1 Å². The van der Waals surface area contributed by atoms with Crippen LogP contribution in [0.5, 0.6) is 5.75 Å². The lowest BCUT2D eigenvalue weighted by molar-refractivity contribution is 0.475. The van der Waals surface area contributed by atoms with Crippen LogP contribution in [0.3, 0.4) is 0 Å². The number of anilines is 2. The molecule has 1 aliphatic rings. The number of aromatic hydroxyl groups is 1. The Morgan fingerprint density at radius 1 is 0.946 bits per heavy atom. The topological polar surface area (TPSA) is 56.6 Å². The summed E-state index contributed by atoms with van der Waals surface area (Å²) in [4.78, 5) is 9.16. The maximum absolute atomic E-state index is 9.89. The van der Waals surface area contributed by atoms with E-state index in [1.807, 2.05) is 36.5 Å². The van der Waals surface area contributed by atoms with Gasteiger partial charge in [0.25, 0.3) is 0 Å². The first-order valence-corrected chi connectivity index (χ1v) is 13.2. The average Bonchev–Trinajstić information content (AvgIpc) is 3.41. The maximum atomic E-state index is 9.89. The Bertz CT molecular complexity index is 1380. The van der Waals surface area contributed by atoms with Crippen LogP contribution in [0, 0.1) is 13.8 Å². The minimum atomic E-state index is -0.124. The Morgan fingerprint density at radius 3 is 2.24 bits per heavy atom. The number of pyridine rings is 1. The van der Waals surface area contributed by atoms with Gasteiger partial charge >= 0.3 is 0 Å². The molecule has 0 spiro atoms. The summed E-state index contributed by atoms with van der Waals surface area (Å²) in [5.41, 5.74) is 7.73. The van der Waals surface area contributed by atoms with Gasteiger partial charge in [-0.05, 0) is 112 Å². The average molecular weight is 512 g/mol. The van der Waals surface area contributed by atoms with Crippen molar-refractivity contribution < 1.29 is 5.11 Å². The fourth-order valence-corrected chi connectivity index (χ4v) is 5.79. The van der Waals surface area contributed by atoms with Gasteiger partial charge in [-0.25, -0.2) is 0 Å². The molecule has 0 saturated carbocycles. The number of benzene rings is 2. The molecule has 37 heavy (non-hydrogen) atoms. The molecule has 0 radical (unpaired) electrons. The van der Waals surface area contributed by atoms with E-state index in [0.717, 1.165) is 41.5 Å². The number of aryl methyl sites for hydroxylation is 1. The first kappa shape index (κ1) is 24.8. The zero-order valence-corrected chi connectivity index (χ0v) is 22.5. The van der Waals surface area contributed by atoms with Gasteiger partial charge in [-0.3, -0.25) is 4.98 Å². The van der Waals surface area contributed by atoms with E-state index in [0.29, 0.717) is 5.11 Å². The van der Waals surface area contributed by atoms with Gasteiger partial charge < -0.3 is 24.8 Å². The number of aromatic nitrogens is 2. The minimum Gasteiger partial charge on any atom is -0.508 e. The van der Waals surface area contributed by atoms with Crippen LogP contribution in [0.15, 0.2) is 79.0 Å². The van der Waals surface area contributed by atoms with E-state index in [1.165, 1.54) is 11.3 Å². The second-order valence-electron chi connectivity index (χ2n) is 9.36. The molecule has 2 N–H and O–H groups in total. The Labute approximate surface area is 224 Å². The summed E-state index contributed by atoms with van der Waals surface area (Å²) in [6, 6.07) is 24.0. The van der Waals surface area contributed by atoms with E-state index < -0.39 is 0 Å². The van der Waals surface area contributed by atoms with E-state index in [9.17, 15) is 5.11 Å². The second-order valence-corrected chi connectivity index (χ2v) is 9.75. The monoisotopic (exact) mass is 511 g/mol. The Hall–Kier alpha value is -3.84. The van der Waals surface area contributed by atoms with Gasteiger partial charge in [0.05, 0.1) is 17.8 Å². The first-order valence-electron chi connectivity index (χ1n) is 12.8. The van der Waals surface area contributed by atoms with E-state index in [2.05, 4.69) is 82.7 Å². The van der Waals surface area contributed by atoms with Crippen molar-refractivity contribution in [1.29, 1.82) is 0 Å². The number of thiocarbonyl (C=S) groups is 1. The maximum Gasteiger partial charge on any atom is 0.174 e. The molecule has 0 aliphatic carbocycles. The highest BCUT2D eigenvalue weighted by molar-refractivity contribution is 7.80. The molecular formula is C30H33N5OS. The highest BCUT2D eigenvalue weighted by atomic mass is 32.1. The van der Waals surface area contributed by atoms with Crippen molar-refractivity contribution in [3.05, 3.63) is 102 Å². The molecule has 6 nitrogen and oxygen atoms in total. The molecule has 5 rings (SSSR count). The normalized spacial score (nSPS) is 17.2. The number of hydrogen-bond donors (Lipinski definition) is 2. The lowest BCUT2D eigenvalue weighted by atomic mass is 9.96. The van der Waals surface area contributed by atoms with Crippen molar-refractivity contribution in [3.8, 4) is 11.4 Å². The van der Waals surface area contributed by atoms with Gasteiger partial charge in [0.15, 0.2) is 5.11 Å². The predicted molar refractivity (Wildman–Crippen MR) is 155 cm³/mol. The summed E-state index contributed by atoms with van der Waals surface area (Å²) in [5, 5.41) is 14.1. The van der Waals surface area contributed by atoms with Crippen molar-refractivity contribution in [2.75, 3.05) is 22.9 Å². The molecular weight excluding hydrogens is 478 g/mol. The Balaban J connectivity index is 1.61. The highest BCUT2D eigenvalue weighted by Gasteiger charge is 2.42. The molecule has 1 aliphatic heterocycles. The molecule has 2 aromatic heterocycles. The second kappa shape index (κ2) is 10.3. The fourth-order valence-electron chi connectivity index (χ4n) is 5.45. The molecule has 0 bridgehead atoms. The quantitative estimate of drug-likeness (QED) is 0.287. The van der Waals surface area contributed by atoms with Gasteiger partial charge in [0, 0.05) is 47.7 Å². The number of phenolic OH excluding ortho intramolecular Hbond substituents is 1. The third kappa shape index (κ3) is 4.55. The number of nitrogens with one attached hydrogen (secondary N) is 1. The first-order chi connectivity index (χ1) is 17.9. The van der Waals surface area contributed by atoms with Crippen LogP contribution in [0.25, 0.3) is 5.69 Å². The van der Waals surface area contributed by atoms with E-state index in [4.69, 9.17) is 12.2 Å². The molecule has 0 amide bonds. The van der Waals surface area contributed by atoms with Gasteiger partial charge in [-0.15, -0.1) is 0 Å². The van der Waals surface area contributed by atoms with Crippen LogP contribution in [-0.2, 0) is 0 Å². The number of nitrogens with zero attached hydrogens (tertiary/aromatic N) is 4. The Morgan fingerprint density at radius 2 is 1.62 bits per heavy atom. The lowest BCUT2D eigenvalue weighted by Gasteiger charge is -2.28. The molecule has 7 heteroatoms. The van der Waals surface area contributed by atoms with Crippen LogP contribution in [0.2, 0.25) is 0 Å². The van der Waals surface area contributed by atoms with Crippen molar-refractivity contribution in [3.63, 3.8) is 0 Å². The molecule has 2 atom stereocenters. The van der Waals surface area contributed by atoms with E-state index >= 15 is 0 Å². The number of phenols is 1.